The first kappa shape index (κ1) is 102. The predicted octanol–water partition coefficient (Wildman–Crippen LogP) is 18.6. The Kier molecular flexibility index (Phi) is 31.6. The van der Waals surface area contributed by atoms with Crippen LogP contribution in [0.1, 0.15) is 105 Å². The molecule has 0 aliphatic heterocycles. The molecule has 146 heavy (non-hydrogen) atoms. The highest BCUT2D eigenvalue weighted by Crippen LogP contribution is 2.39. The van der Waals surface area contributed by atoms with E-state index in [0.717, 1.165) is 176 Å². The lowest BCUT2D eigenvalue weighted by Crippen LogP contribution is -2.23. The van der Waals surface area contributed by atoms with E-state index in [1.165, 1.54) is 51.7 Å². The third-order valence-electron chi connectivity index (χ3n) is 24.2. The summed E-state index contributed by atoms with van der Waals surface area (Å²) in [5.74, 6) is 4.44. The number of thiophene rings is 2. The van der Waals surface area contributed by atoms with Crippen LogP contribution in [0.15, 0.2) is 252 Å². The minimum absolute atomic E-state index is 0.285. The fourth-order valence-electron chi connectivity index (χ4n) is 15.8. The summed E-state index contributed by atoms with van der Waals surface area (Å²) in [7, 11) is 7.86. The fraction of sp³-hybridized carbons (Fsp3) is 0.217. The standard InChI is InChI=1S/C22H23N5O2S.C22H19N5O2S.C21H19ClN4O2S.C21H21N5O2S.C20H19N5O3/c1-13-7-6-8-19(27-22(28)26(5)24-25-27)18(13)12-29-20-10-9-17(11-14(20)2)21-23-15(3)16(4)30-21;1-14-5-4-6-19(27-22(28)26(3)24-25-27)18(14)13-29-20-8-7-16(11-15(20)2)21-17(12-23)9-10-30-21;1-13-5-4-6-17(26-21(27)25(3)23-24-26)16(13)12-28-18-8-7-15(11-14(18)2)19-9-10-20(22)29-19;1-13-6-5-7-19(26-21(27)25(4)23-24-26)17(13)11-28-20-9-8-16(10-14(20)2)18-12-29-15(3)22-18;1-13-5-4-6-17(25-20(26)24(3)22-23-25)16(13)12-28-18-8-7-15(11-14(18)2)19-21-9-10-27-19/h6-11H,12H2,1-5H3;4-11H,13H2,1-3H3;4-11H,12H2,1-3H3;5-10,12H,11H2,1-4H3;4-11H,12H2,1-3H3. The predicted molar refractivity (Wildman–Crippen MR) is 563 cm³/mol. The van der Waals surface area contributed by atoms with Crippen LogP contribution in [0.2, 0.25) is 4.34 Å². The van der Waals surface area contributed by atoms with Gasteiger partial charge in [0.05, 0.1) is 65.8 Å². The minimum Gasteiger partial charge on any atom is -0.489 e. The molecule has 20 aromatic rings. The average Bonchev–Trinajstić information content (AvgIpc) is 1.56. The monoisotopic (exact) mass is 2050 g/mol. The molecule has 0 N–H and O–H groups in total. The summed E-state index contributed by atoms with van der Waals surface area (Å²) in [5, 5.41) is 54.1. The van der Waals surface area contributed by atoms with Gasteiger partial charge in [-0.05, 0) is 354 Å². The van der Waals surface area contributed by atoms with Crippen molar-refractivity contribution >= 4 is 56.9 Å². The Balaban J connectivity index is 0.000000131. The van der Waals surface area contributed by atoms with Crippen molar-refractivity contribution in [3.8, 4) is 117 Å². The average molecular weight is 2050 g/mol. The molecular weight excluding hydrogens is 1950 g/mol. The molecule has 0 fully saturated rings. The summed E-state index contributed by atoms with van der Waals surface area (Å²) in [6, 6.07) is 66.4. The van der Waals surface area contributed by atoms with Gasteiger partial charge >= 0.3 is 28.4 Å². The van der Waals surface area contributed by atoms with Gasteiger partial charge in [-0.3, -0.25) is 0 Å². The Morgan fingerprint density at radius 2 is 0.692 bits per heavy atom. The molecule has 0 aliphatic rings. The Labute approximate surface area is 858 Å². The molecule has 0 unspecified atom stereocenters. The summed E-state index contributed by atoms with van der Waals surface area (Å²) in [4.78, 5) is 78.1. The van der Waals surface area contributed by atoms with E-state index in [1.54, 1.807) is 93.0 Å². The van der Waals surface area contributed by atoms with Crippen LogP contribution < -0.4 is 52.1 Å². The Bertz CT molecular complexity index is 8330. The molecule has 0 bridgehead atoms. The van der Waals surface area contributed by atoms with Gasteiger partial charge in [0.15, 0.2) is 0 Å². The van der Waals surface area contributed by atoms with Gasteiger partial charge < -0.3 is 28.1 Å². The zero-order valence-corrected chi connectivity index (χ0v) is 87.2. The van der Waals surface area contributed by atoms with Crippen molar-refractivity contribution in [1.29, 1.82) is 5.26 Å². The van der Waals surface area contributed by atoms with E-state index in [2.05, 4.69) is 104 Å². The zero-order valence-electron chi connectivity index (χ0n) is 83.1. The van der Waals surface area contributed by atoms with Crippen molar-refractivity contribution in [2.45, 2.75) is 123 Å². The number of benzene rings is 10. The Morgan fingerprint density at radius 3 is 1.00 bits per heavy atom. The summed E-state index contributed by atoms with van der Waals surface area (Å²) >= 11 is 12.5. The first-order chi connectivity index (χ1) is 70.2. The molecule has 10 heterocycles. The van der Waals surface area contributed by atoms with Crippen molar-refractivity contribution in [1.82, 2.24) is 114 Å². The van der Waals surface area contributed by atoms with Gasteiger partial charge in [0.1, 0.15) is 79.1 Å². The van der Waals surface area contributed by atoms with Gasteiger partial charge in [0.2, 0.25) is 5.89 Å². The Hall–Kier alpha value is -16.8. The molecule has 10 aromatic carbocycles. The van der Waals surface area contributed by atoms with Crippen LogP contribution >= 0.6 is 56.9 Å². The maximum Gasteiger partial charge on any atom is 0.368 e. The molecule has 742 valence electrons. The highest BCUT2D eigenvalue weighted by atomic mass is 35.5. The summed E-state index contributed by atoms with van der Waals surface area (Å²) in [6.07, 6.45) is 3.16. The molecule has 0 saturated carbocycles. The molecule has 20 rings (SSSR count). The van der Waals surface area contributed by atoms with E-state index in [-0.39, 0.29) is 35.1 Å². The minimum atomic E-state index is -0.313. The first-order valence-electron chi connectivity index (χ1n) is 45.8. The van der Waals surface area contributed by atoms with Gasteiger partial charge in [-0.2, -0.15) is 52.1 Å². The molecule has 40 heteroatoms. The van der Waals surface area contributed by atoms with Gasteiger partial charge in [0, 0.05) is 94.9 Å². The second-order valence-corrected chi connectivity index (χ2v) is 39.2. The van der Waals surface area contributed by atoms with E-state index in [1.807, 2.05) is 270 Å². The smallest absolute Gasteiger partial charge is 0.368 e. The Morgan fingerprint density at radius 1 is 0.356 bits per heavy atom. The van der Waals surface area contributed by atoms with Crippen LogP contribution in [0.5, 0.6) is 28.7 Å². The molecule has 0 atom stereocenters. The van der Waals surface area contributed by atoms with E-state index < -0.39 is 0 Å². The van der Waals surface area contributed by atoms with Crippen LogP contribution in [-0.2, 0) is 68.3 Å². The zero-order chi connectivity index (χ0) is 103. The van der Waals surface area contributed by atoms with Crippen molar-refractivity contribution in [3.63, 3.8) is 0 Å². The SMILES string of the molecule is Cc1cc(-c2ccc(Cl)s2)ccc1OCc1c(C)cccc1-n1nnn(C)c1=O.Cc1cc(-c2nc(C)c(C)s2)ccc1OCc1c(C)cccc1-n1nnn(C)c1=O.Cc1cc(-c2ncco2)ccc1OCc1c(C)cccc1-n1nnn(C)c1=O.Cc1cc(-c2sccc2C#N)ccc1OCc1c(C)cccc1-n1nnn(C)c1=O.Cc1nc(-c2ccc(OCc3c(C)cccc3-n3nnn(C)c3=O)c(C)c2)cs1. The molecule has 0 radical (unpaired) electrons. The second-order valence-electron chi connectivity index (χ2n) is 34.3. The van der Waals surface area contributed by atoms with Gasteiger partial charge in [0.25, 0.3) is 0 Å². The molecule has 0 aliphatic carbocycles. The number of ether oxygens (including phenoxy) is 5. The lowest BCUT2D eigenvalue weighted by molar-refractivity contribution is 0.302. The number of aryl methyl sites for hydroxylation is 18. The van der Waals surface area contributed by atoms with E-state index in [0.29, 0.717) is 66.3 Å². The number of oxazole rings is 1. The maximum atomic E-state index is 12.3. The van der Waals surface area contributed by atoms with Crippen LogP contribution in [0.4, 0.5) is 0 Å². The maximum absolute atomic E-state index is 12.3. The summed E-state index contributed by atoms with van der Waals surface area (Å²) in [5.41, 5.74) is 24.2. The second kappa shape index (κ2) is 45.2. The summed E-state index contributed by atoms with van der Waals surface area (Å²) < 4.78 is 49.1. The number of thiazole rings is 2. The normalized spacial score (nSPS) is 11.0. The van der Waals surface area contributed by atoms with E-state index in [9.17, 15) is 29.2 Å². The number of nitrogens with zero attached hydrogens (tertiary/aromatic N) is 24. The van der Waals surface area contributed by atoms with Crippen LogP contribution in [-0.4, -0.2) is 114 Å². The largest absolute Gasteiger partial charge is 0.489 e. The highest BCUT2D eigenvalue weighted by molar-refractivity contribution is 7.19. The number of hydrogen-bond acceptors (Lipinski definition) is 29. The van der Waals surface area contributed by atoms with Crippen molar-refractivity contribution in [2.24, 2.45) is 35.2 Å². The lowest BCUT2D eigenvalue weighted by Gasteiger charge is -2.15. The lowest BCUT2D eigenvalue weighted by atomic mass is 10.1. The number of halogens is 1. The fourth-order valence-corrected chi connectivity index (χ4v) is 19.2. The van der Waals surface area contributed by atoms with Crippen LogP contribution in [0.25, 0.3) is 82.6 Å². The topological polar surface area (TPSA) is 385 Å². The van der Waals surface area contributed by atoms with Crippen molar-refractivity contribution < 1.29 is 28.1 Å². The molecule has 35 nitrogen and oxygen atoms in total. The quantitative estimate of drug-likeness (QED) is 0.0513. The third kappa shape index (κ3) is 22.9. The molecule has 0 amide bonds. The summed E-state index contributed by atoms with van der Waals surface area (Å²) in [6.45, 7) is 27.6. The van der Waals surface area contributed by atoms with E-state index in [4.69, 9.17) is 39.7 Å². The number of hydrogen-bond donors (Lipinski definition) is 0. The molecule has 0 saturated heterocycles. The molecule has 10 aromatic heterocycles. The number of tetrazole rings is 5. The van der Waals surface area contributed by atoms with Gasteiger partial charge in [-0.25, -0.2) is 38.9 Å². The van der Waals surface area contributed by atoms with Crippen molar-refractivity contribution in [2.75, 3.05) is 0 Å². The molecular formula is C106H101ClN24O11S4. The first-order valence-corrected chi connectivity index (χ1v) is 49.6. The third-order valence-corrected chi connectivity index (χ3v) is 28.3. The van der Waals surface area contributed by atoms with E-state index >= 15 is 0 Å². The number of aromatic nitrogens is 23. The van der Waals surface area contributed by atoms with Crippen LogP contribution in [0.3, 0.4) is 0 Å². The molecule has 0 spiro atoms. The van der Waals surface area contributed by atoms with Gasteiger partial charge in [-0.1, -0.05) is 72.3 Å². The number of nitriles is 1. The number of rotatable bonds is 25. The highest BCUT2D eigenvalue weighted by Gasteiger charge is 2.24. The van der Waals surface area contributed by atoms with Crippen LogP contribution in [0, 0.1) is 101 Å². The van der Waals surface area contributed by atoms with Gasteiger partial charge in [-0.15, -0.1) is 45.3 Å². The van der Waals surface area contributed by atoms with Crippen molar-refractivity contribution in [3.05, 3.63) is 385 Å².